The number of phenolic OH excluding ortho intramolecular Hbond substituents is 1. The average molecular weight is 567 g/mol. The smallest absolute Gasteiger partial charge is 0.416 e. The van der Waals surface area contributed by atoms with Crippen molar-refractivity contribution in [2.75, 3.05) is 56.0 Å². The molecule has 0 unspecified atom stereocenters. The molecule has 2 N–H and O–H groups in total. The van der Waals surface area contributed by atoms with Crippen molar-refractivity contribution in [3.8, 4) is 16.9 Å². The summed E-state index contributed by atoms with van der Waals surface area (Å²) < 4.78 is 38.5. The fourth-order valence-corrected chi connectivity index (χ4v) is 5.39. The largest absolute Gasteiger partial charge is 0.508 e. The molecule has 10 heteroatoms. The number of halogens is 3. The summed E-state index contributed by atoms with van der Waals surface area (Å²) >= 11 is 0. The quantitative estimate of drug-likeness (QED) is 0.411. The molecule has 0 bridgehead atoms. The highest BCUT2D eigenvalue weighted by atomic mass is 19.4. The number of likely N-dealkylation sites (tertiary alicyclic amines) is 1. The Bertz CT molecular complexity index is 1390. The first-order valence-corrected chi connectivity index (χ1v) is 13.7. The van der Waals surface area contributed by atoms with Crippen LogP contribution in [0, 0.1) is 12.8 Å². The minimum atomic E-state index is -4.35. The molecule has 5 rings (SSSR count). The molecular formula is C31H33F3N4O3. The number of nitrogens with one attached hydrogen (secondary N) is 1. The number of aromatic hydroxyl groups is 1. The SMILES string of the molecule is Cc1cc(NC(=O)[C@@H]2CCN(CC(=O)N3CCN(c4ccc(-c5ccc(C(F)(F)F)cc5)cc4)CC3)C2)ccc1O. The number of piperazine rings is 1. The summed E-state index contributed by atoms with van der Waals surface area (Å²) in [6, 6.07) is 17.8. The lowest BCUT2D eigenvalue weighted by Crippen LogP contribution is -2.51. The molecule has 7 nitrogen and oxygen atoms in total. The number of anilines is 2. The Morgan fingerprint density at radius 2 is 1.54 bits per heavy atom. The second kappa shape index (κ2) is 11.8. The van der Waals surface area contributed by atoms with Crippen LogP contribution in [0.15, 0.2) is 66.7 Å². The van der Waals surface area contributed by atoms with Crippen LogP contribution in [0.3, 0.4) is 0 Å². The van der Waals surface area contributed by atoms with Gasteiger partial charge in [0.1, 0.15) is 5.75 Å². The standard InChI is InChI=1S/C31H33F3N4O3/c1-21-18-26(8-11-28(21)39)35-30(41)24-12-13-36(19-24)20-29(40)38-16-14-37(15-17-38)27-9-4-23(5-10-27)22-2-6-25(7-3-22)31(32,33)34/h2-11,18,24,39H,12-17,19-20H2,1H3,(H,35,41)/t24-/m1/s1. The number of carbonyl (C=O) groups excluding carboxylic acids is 2. The number of phenols is 1. The third-order valence-electron chi connectivity index (χ3n) is 7.88. The molecule has 2 heterocycles. The molecule has 41 heavy (non-hydrogen) atoms. The highest BCUT2D eigenvalue weighted by molar-refractivity contribution is 5.93. The topological polar surface area (TPSA) is 76.1 Å². The van der Waals surface area contributed by atoms with Crippen molar-refractivity contribution < 1.29 is 27.9 Å². The third-order valence-corrected chi connectivity index (χ3v) is 7.88. The molecular weight excluding hydrogens is 533 g/mol. The number of carbonyl (C=O) groups is 2. The van der Waals surface area contributed by atoms with Crippen LogP contribution in [0.4, 0.5) is 24.5 Å². The number of hydrogen-bond acceptors (Lipinski definition) is 5. The van der Waals surface area contributed by atoms with E-state index in [1.807, 2.05) is 34.1 Å². The van der Waals surface area contributed by atoms with Gasteiger partial charge < -0.3 is 20.2 Å². The molecule has 2 aliphatic rings. The number of rotatable bonds is 6. The highest BCUT2D eigenvalue weighted by Gasteiger charge is 2.32. The number of alkyl halides is 3. The summed E-state index contributed by atoms with van der Waals surface area (Å²) in [6.45, 7) is 5.82. The van der Waals surface area contributed by atoms with Crippen molar-refractivity contribution in [2.24, 2.45) is 5.92 Å². The highest BCUT2D eigenvalue weighted by Crippen LogP contribution is 2.31. The zero-order chi connectivity index (χ0) is 29.1. The minimum Gasteiger partial charge on any atom is -0.508 e. The predicted octanol–water partition coefficient (Wildman–Crippen LogP) is 5.00. The van der Waals surface area contributed by atoms with Crippen LogP contribution in [0.2, 0.25) is 0 Å². The molecule has 3 aromatic rings. The first kappa shape index (κ1) is 28.5. The van der Waals surface area contributed by atoms with Crippen molar-refractivity contribution in [2.45, 2.75) is 19.5 Å². The zero-order valence-electron chi connectivity index (χ0n) is 22.8. The van der Waals surface area contributed by atoms with Gasteiger partial charge in [-0.1, -0.05) is 24.3 Å². The van der Waals surface area contributed by atoms with E-state index in [0.29, 0.717) is 56.9 Å². The van der Waals surface area contributed by atoms with Crippen LogP contribution in [0.25, 0.3) is 11.1 Å². The van der Waals surface area contributed by atoms with E-state index in [1.165, 1.54) is 12.1 Å². The van der Waals surface area contributed by atoms with Crippen LogP contribution in [0.1, 0.15) is 17.5 Å². The monoisotopic (exact) mass is 566 g/mol. The van der Waals surface area contributed by atoms with Crippen molar-refractivity contribution in [1.29, 1.82) is 0 Å². The van der Waals surface area contributed by atoms with Crippen LogP contribution >= 0.6 is 0 Å². The fourth-order valence-electron chi connectivity index (χ4n) is 5.39. The lowest BCUT2D eigenvalue weighted by atomic mass is 10.0. The second-order valence-corrected chi connectivity index (χ2v) is 10.7. The van der Waals surface area contributed by atoms with E-state index in [9.17, 15) is 27.9 Å². The van der Waals surface area contributed by atoms with Crippen LogP contribution in [0.5, 0.6) is 5.75 Å². The van der Waals surface area contributed by atoms with E-state index in [1.54, 1.807) is 25.1 Å². The summed E-state index contributed by atoms with van der Waals surface area (Å²) in [5.41, 5.74) is 3.23. The summed E-state index contributed by atoms with van der Waals surface area (Å²) in [7, 11) is 0. The van der Waals surface area contributed by atoms with Gasteiger partial charge in [0.05, 0.1) is 18.0 Å². The first-order valence-electron chi connectivity index (χ1n) is 13.7. The van der Waals surface area contributed by atoms with Gasteiger partial charge in [-0.25, -0.2) is 0 Å². The van der Waals surface area contributed by atoms with Gasteiger partial charge in [-0.05, 0) is 79.0 Å². The molecule has 0 aliphatic carbocycles. The summed E-state index contributed by atoms with van der Waals surface area (Å²) in [5.74, 6) is -0.0382. The Kier molecular flexibility index (Phi) is 8.21. The molecule has 1 atom stereocenters. The maximum absolute atomic E-state index is 13.0. The fraction of sp³-hybridized carbons (Fsp3) is 0.355. The third kappa shape index (κ3) is 6.82. The molecule has 0 spiro atoms. The van der Waals surface area contributed by atoms with Crippen molar-refractivity contribution in [3.05, 3.63) is 77.9 Å². The van der Waals surface area contributed by atoms with Gasteiger partial charge in [0.25, 0.3) is 0 Å². The summed E-state index contributed by atoms with van der Waals surface area (Å²) in [6.07, 6.45) is -3.67. The first-order chi connectivity index (χ1) is 19.6. The van der Waals surface area contributed by atoms with E-state index in [0.717, 1.165) is 28.9 Å². The van der Waals surface area contributed by atoms with E-state index in [-0.39, 0.29) is 30.0 Å². The van der Waals surface area contributed by atoms with E-state index in [4.69, 9.17) is 0 Å². The van der Waals surface area contributed by atoms with E-state index < -0.39 is 11.7 Å². The molecule has 0 aromatic heterocycles. The number of hydrogen-bond donors (Lipinski definition) is 2. The molecule has 0 radical (unpaired) electrons. The van der Waals surface area contributed by atoms with Gasteiger partial charge in [0, 0.05) is 44.1 Å². The molecule has 2 amide bonds. The maximum Gasteiger partial charge on any atom is 0.416 e. The number of nitrogens with zero attached hydrogens (tertiary/aromatic N) is 3. The van der Waals surface area contributed by atoms with Crippen LogP contribution in [-0.2, 0) is 15.8 Å². The molecule has 216 valence electrons. The molecule has 2 aliphatic heterocycles. The van der Waals surface area contributed by atoms with Crippen LogP contribution < -0.4 is 10.2 Å². The number of amides is 2. The zero-order valence-corrected chi connectivity index (χ0v) is 22.8. The Balaban J connectivity index is 1.08. The van der Waals surface area contributed by atoms with Crippen molar-refractivity contribution in [3.63, 3.8) is 0 Å². The molecule has 2 fully saturated rings. The van der Waals surface area contributed by atoms with Gasteiger partial charge in [0.15, 0.2) is 0 Å². The number of aryl methyl sites for hydroxylation is 1. The summed E-state index contributed by atoms with van der Waals surface area (Å²) in [5, 5.41) is 12.6. The summed E-state index contributed by atoms with van der Waals surface area (Å²) in [4.78, 5) is 31.8. The number of benzene rings is 3. The minimum absolute atomic E-state index is 0.0533. The molecule has 0 saturated carbocycles. The average Bonchev–Trinajstić information content (AvgIpc) is 3.43. The Labute approximate surface area is 237 Å². The van der Waals surface area contributed by atoms with Gasteiger partial charge in [-0.15, -0.1) is 0 Å². The Hall–Kier alpha value is -4.05. The van der Waals surface area contributed by atoms with E-state index in [2.05, 4.69) is 10.2 Å². The normalized spacial score (nSPS) is 18.0. The maximum atomic E-state index is 13.0. The second-order valence-electron chi connectivity index (χ2n) is 10.7. The predicted molar refractivity (Wildman–Crippen MR) is 152 cm³/mol. The van der Waals surface area contributed by atoms with Gasteiger partial charge in [-0.2, -0.15) is 13.2 Å². The van der Waals surface area contributed by atoms with E-state index >= 15 is 0 Å². The van der Waals surface area contributed by atoms with Crippen LogP contribution in [-0.4, -0.2) is 72.5 Å². The van der Waals surface area contributed by atoms with Crippen molar-refractivity contribution in [1.82, 2.24) is 9.80 Å². The van der Waals surface area contributed by atoms with Gasteiger partial charge in [0.2, 0.25) is 11.8 Å². The molecule has 2 saturated heterocycles. The molecule has 3 aromatic carbocycles. The lowest BCUT2D eigenvalue weighted by Gasteiger charge is -2.36. The lowest BCUT2D eigenvalue weighted by molar-refractivity contribution is -0.137. The Morgan fingerprint density at radius 3 is 2.15 bits per heavy atom. The van der Waals surface area contributed by atoms with Gasteiger partial charge in [-0.3, -0.25) is 14.5 Å². The van der Waals surface area contributed by atoms with Crippen molar-refractivity contribution >= 4 is 23.2 Å². The Morgan fingerprint density at radius 1 is 0.902 bits per heavy atom. The van der Waals surface area contributed by atoms with Gasteiger partial charge >= 0.3 is 6.18 Å².